The van der Waals surface area contributed by atoms with Crippen LogP contribution in [-0.2, 0) is 4.74 Å². The number of halogens is 3. The fraction of sp³-hybridized carbons (Fsp3) is 0.436. The average molecular weight is 704 g/mol. The number of rotatable bonds is 10. The van der Waals surface area contributed by atoms with Crippen LogP contribution in [0.1, 0.15) is 48.0 Å². The van der Waals surface area contributed by atoms with E-state index in [1.54, 1.807) is 12.3 Å². The van der Waals surface area contributed by atoms with Crippen molar-refractivity contribution in [1.29, 1.82) is 0 Å². The summed E-state index contributed by atoms with van der Waals surface area (Å²) in [5.74, 6) is 0.501. The molecule has 1 aliphatic carbocycles. The molecule has 1 spiro atoms. The number of ether oxygens (including phenoxy) is 2. The Bertz CT molecular complexity index is 1830. The van der Waals surface area contributed by atoms with Gasteiger partial charge >= 0.3 is 5.97 Å². The summed E-state index contributed by atoms with van der Waals surface area (Å²) in [6.45, 7) is 4.54. The van der Waals surface area contributed by atoms with Crippen LogP contribution in [0.2, 0.25) is 5.02 Å². The van der Waals surface area contributed by atoms with Crippen molar-refractivity contribution in [3.63, 3.8) is 0 Å². The second-order valence-electron chi connectivity index (χ2n) is 13.9. The van der Waals surface area contributed by atoms with Crippen molar-refractivity contribution >= 4 is 39.9 Å². The first-order valence-corrected chi connectivity index (χ1v) is 17.9. The van der Waals surface area contributed by atoms with Gasteiger partial charge in [-0.25, -0.2) is 18.6 Å². The summed E-state index contributed by atoms with van der Waals surface area (Å²) in [5.41, 5.74) is 6.38. The minimum absolute atomic E-state index is 0.166. The predicted molar refractivity (Wildman–Crippen MR) is 194 cm³/mol. The fourth-order valence-electron chi connectivity index (χ4n) is 8.00. The highest BCUT2D eigenvalue weighted by Gasteiger charge is 2.40. The third-order valence-corrected chi connectivity index (χ3v) is 11.2. The highest BCUT2D eigenvalue weighted by Crippen LogP contribution is 2.49. The second-order valence-corrected chi connectivity index (χ2v) is 14.3. The Morgan fingerprint density at radius 1 is 0.980 bits per heavy atom. The van der Waals surface area contributed by atoms with Crippen LogP contribution in [0.4, 0.5) is 14.5 Å². The molecule has 264 valence electrons. The van der Waals surface area contributed by atoms with E-state index in [0.29, 0.717) is 17.1 Å². The molecule has 2 saturated heterocycles. The third kappa shape index (κ3) is 7.38. The van der Waals surface area contributed by atoms with E-state index in [1.165, 1.54) is 23.8 Å². The average Bonchev–Trinajstić information content (AvgIpc) is 3.62. The lowest BCUT2D eigenvalue weighted by Crippen LogP contribution is -2.49. The minimum Gasteiger partial charge on any atom is -0.465 e. The van der Waals surface area contributed by atoms with Gasteiger partial charge in [-0.2, -0.15) is 0 Å². The molecule has 11 heteroatoms. The Labute approximate surface area is 297 Å². The summed E-state index contributed by atoms with van der Waals surface area (Å²) in [5, 5.41) is 1.65. The van der Waals surface area contributed by atoms with E-state index in [-0.39, 0.29) is 5.41 Å². The molecular weight excluding hydrogens is 660 g/mol. The van der Waals surface area contributed by atoms with Crippen LogP contribution in [0.3, 0.4) is 0 Å². The van der Waals surface area contributed by atoms with Crippen LogP contribution in [0, 0.1) is 5.41 Å². The van der Waals surface area contributed by atoms with Crippen LogP contribution in [0.15, 0.2) is 72.6 Å². The number of anilines is 1. The number of carbonyl (C=O) groups excluding carboxylic acids is 1. The maximum absolute atomic E-state index is 13.5. The molecule has 8 nitrogen and oxygen atoms in total. The summed E-state index contributed by atoms with van der Waals surface area (Å²) in [6, 6.07) is 17.0. The van der Waals surface area contributed by atoms with Crippen molar-refractivity contribution in [2.24, 2.45) is 5.41 Å². The normalized spacial score (nSPS) is 18.7. The number of methoxy groups -OCH3 is 1. The highest BCUT2D eigenvalue weighted by molar-refractivity contribution is 6.30. The molecule has 0 atom stereocenters. The molecule has 50 heavy (non-hydrogen) atoms. The van der Waals surface area contributed by atoms with Gasteiger partial charge in [-0.3, -0.25) is 9.80 Å². The molecule has 2 aliphatic heterocycles. The van der Waals surface area contributed by atoms with Gasteiger partial charge in [-0.05, 0) is 98.1 Å². The Morgan fingerprint density at radius 3 is 2.46 bits per heavy atom. The van der Waals surface area contributed by atoms with E-state index in [0.717, 1.165) is 99.7 Å². The van der Waals surface area contributed by atoms with Gasteiger partial charge in [0, 0.05) is 61.1 Å². The number of carbonyl (C=O) groups is 1. The number of esters is 1. The molecule has 4 aromatic rings. The molecule has 0 unspecified atom stereocenters. The van der Waals surface area contributed by atoms with Gasteiger partial charge in [-0.1, -0.05) is 29.3 Å². The molecule has 3 aliphatic rings. The standard InChI is InChI=1S/C39H44ClF2N5O3/c1-49-38(48)35-7-6-31(21-36(35)50-33-20-28-9-13-43-37(28)44-25-33)47-18-16-45(17-19-47)26-29-22-39(11-14-46(15-12-39)32(23-41)24-42)10-8-34(29)27-2-4-30(40)5-3-27/h2-7,9,13,20-21,25,32H,8,10-12,14-19,22-24,26H2,1H3,(H,43,44). The van der Waals surface area contributed by atoms with Crippen molar-refractivity contribution in [1.82, 2.24) is 19.8 Å². The smallest absolute Gasteiger partial charge is 0.341 e. The molecule has 0 saturated carbocycles. The number of allylic oxidation sites excluding steroid dienone is 1. The van der Waals surface area contributed by atoms with Crippen LogP contribution >= 0.6 is 11.6 Å². The molecule has 0 bridgehead atoms. The number of pyridine rings is 1. The SMILES string of the molecule is COC(=O)c1ccc(N2CCN(CC3=C(c4ccc(Cl)cc4)CCC4(CCN(C(CF)CF)CC4)C3)CC2)cc1Oc1cnc2[nH]ccc2c1. The van der Waals surface area contributed by atoms with E-state index in [9.17, 15) is 13.6 Å². The number of hydrogen-bond donors (Lipinski definition) is 1. The first-order chi connectivity index (χ1) is 24.4. The van der Waals surface area contributed by atoms with Gasteiger partial charge < -0.3 is 19.4 Å². The minimum atomic E-state index is -0.632. The third-order valence-electron chi connectivity index (χ3n) is 11.0. The van der Waals surface area contributed by atoms with Gasteiger partial charge in [0.15, 0.2) is 0 Å². The zero-order valence-electron chi connectivity index (χ0n) is 28.5. The molecule has 7 rings (SSSR count). The van der Waals surface area contributed by atoms with Gasteiger partial charge in [0.25, 0.3) is 0 Å². The highest BCUT2D eigenvalue weighted by atomic mass is 35.5. The van der Waals surface area contributed by atoms with Crippen molar-refractivity contribution in [3.8, 4) is 11.5 Å². The molecule has 2 aromatic carbocycles. The molecule has 4 heterocycles. The molecular formula is C39H44ClF2N5O3. The zero-order chi connectivity index (χ0) is 34.7. The quantitative estimate of drug-likeness (QED) is 0.168. The Hall–Kier alpha value is -3.99. The summed E-state index contributed by atoms with van der Waals surface area (Å²) in [6.07, 6.45) is 8.50. The number of hydrogen-bond acceptors (Lipinski definition) is 7. The van der Waals surface area contributed by atoms with E-state index >= 15 is 0 Å². The van der Waals surface area contributed by atoms with Crippen molar-refractivity contribution < 1.29 is 23.0 Å². The van der Waals surface area contributed by atoms with E-state index in [2.05, 4.69) is 31.9 Å². The number of aromatic amines is 1. The number of likely N-dealkylation sites (tertiary alicyclic amines) is 1. The van der Waals surface area contributed by atoms with E-state index < -0.39 is 25.4 Å². The molecule has 2 fully saturated rings. The lowest BCUT2D eigenvalue weighted by molar-refractivity contribution is 0.0452. The predicted octanol–water partition coefficient (Wildman–Crippen LogP) is 7.94. The van der Waals surface area contributed by atoms with Crippen LogP contribution in [-0.4, -0.2) is 98.1 Å². The lowest BCUT2D eigenvalue weighted by Gasteiger charge is -2.47. The number of H-pyrrole nitrogens is 1. The van der Waals surface area contributed by atoms with Gasteiger partial charge in [-0.15, -0.1) is 0 Å². The molecule has 2 aromatic heterocycles. The summed E-state index contributed by atoms with van der Waals surface area (Å²) in [4.78, 5) is 27.0. The largest absolute Gasteiger partial charge is 0.465 e. The molecule has 0 radical (unpaired) electrons. The van der Waals surface area contributed by atoms with Crippen LogP contribution in [0.5, 0.6) is 11.5 Å². The second kappa shape index (κ2) is 15.1. The fourth-order valence-corrected chi connectivity index (χ4v) is 8.13. The Balaban J connectivity index is 1.06. The number of fused-ring (bicyclic) bond motifs is 1. The van der Waals surface area contributed by atoms with Crippen molar-refractivity contribution in [2.45, 2.75) is 38.1 Å². The van der Waals surface area contributed by atoms with Crippen molar-refractivity contribution in [3.05, 3.63) is 88.7 Å². The zero-order valence-corrected chi connectivity index (χ0v) is 29.2. The number of nitrogens with zero attached hydrogens (tertiary/aromatic N) is 4. The molecule has 0 amide bonds. The number of piperazine rings is 1. The van der Waals surface area contributed by atoms with Gasteiger partial charge in [0.05, 0.1) is 19.3 Å². The number of benzene rings is 2. The number of alkyl halides is 2. The first kappa shape index (κ1) is 34.5. The monoisotopic (exact) mass is 703 g/mol. The first-order valence-electron chi connectivity index (χ1n) is 17.5. The Morgan fingerprint density at radius 2 is 1.74 bits per heavy atom. The maximum Gasteiger partial charge on any atom is 0.341 e. The summed E-state index contributed by atoms with van der Waals surface area (Å²) < 4.78 is 38.2. The maximum atomic E-state index is 13.5. The van der Waals surface area contributed by atoms with Gasteiger partial charge in [0.1, 0.15) is 36.1 Å². The number of aromatic nitrogens is 2. The lowest BCUT2D eigenvalue weighted by atomic mass is 9.65. The topological polar surface area (TPSA) is 73.9 Å². The van der Waals surface area contributed by atoms with E-state index in [4.69, 9.17) is 21.1 Å². The van der Waals surface area contributed by atoms with Crippen LogP contribution < -0.4 is 9.64 Å². The summed E-state index contributed by atoms with van der Waals surface area (Å²) >= 11 is 6.26. The Kier molecular flexibility index (Phi) is 10.4. The number of piperidine rings is 1. The molecule has 1 N–H and O–H groups in total. The van der Waals surface area contributed by atoms with Crippen molar-refractivity contribution in [2.75, 3.05) is 71.2 Å². The number of nitrogens with one attached hydrogen (secondary N) is 1. The van der Waals surface area contributed by atoms with Gasteiger partial charge in [0.2, 0.25) is 0 Å². The van der Waals surface area contributed by atoms with E-state index in [1.807, 2.05) is 47.5 Å². The summed E-state index contributed by atoms with van der Waals surface area (Å²) in [7, 11) is 1.37. The van der Waals surface area contributed by atoms with Crippen LogP contribution in [0.25, 0.3) is 16.6 Å².